The van der Waals surface area contributed by atoms with Gasteiger partial charge in [-0.2, -0.15) is 0 Å². The van der Waals surface area contributed by atoms with Gasteiger partial charge in [-0.05, 0) is 63.1 Å². The van der Waals surface area contributed by atoms with Crippen LogP contribution in [0, 0.1) is 3.57 Å². The monoisotopic (exact) mass is 438 g/mol. The summed E-state index contributed by atoms with van der Waals surface area (Å²) in [7, 11) is 0. The van der Waals surface area contributed by atoms with Gasteiger partial charge >= 0.3 is 0 Å². The summed E-state index contributed by atoms with van der Waals surface area (Å²) in [6.45, 7) is 3.10. The minimum atomic E-state index is 0.840. The molecule has 108 valence electrons. The molecule has 0 saturated carbocycles. The van der Waals surface area contributed by atoms with Gasteiger partial charge in [0.25, 0.3) is 0 Å². The molecule has 1 nitrogen and oxygen atoms in total. The van der Waals surface area contributed by atoms with E-state index in [2.05, 4.69) is 51.5 Å². The molecule has 19 heavy (non-hydrogen) atoms. The highest BCUT2D eigenvalue weighted by Gasteiger charge is 1.99. The van der Waals surface area contributed by atoms with E-state index in [1.54, 1.807) is 0 Å². The lowest BCUT2D eigenvalue weighted by Crippen LogP contribution is -1.97. The molecular formula is C16H24BrIO. The average molecular weight is 439 g/mol. The van der Waals surface area contributed by atoms with E-state index < -0.39 is 0 Å². The Morgan fingerprint density at radius 2 is 1.63 bits per heavy atom. The number of benzene rings is 1. The summed E-state index contributed by atoms with van der Waals surface area (Å²) in [6.07, 6.45) is 10.7. The summed E-state index contributed by atoms with van der Waals surface area (Å²) in [5, 5.41) is 0. The van der Waals surface area contributed by atoms with Gasteiger partial charge in [0.2, 0.25) is 0 Å². The predicted octanol–water partition coefficient (Wildman–Crippen LogP) is 6.57. The first-order valence-corrected chi connectivity index (χ1v) is 9.19. The molecule has 0 heterocycles. The van der Waals surface area contributed by atoms with Crippen LogP contribution < -0.4 is 4.74 Å². The van der Waals surface area contributed by atoms with Crippen molar-refractivity contribution in [1.82, 2.24) is 0 Å². The van der Waals surface area contributed by atoms with Crippen LogP contribution in [0.5, 0.6) is 5.75 Å². The molecule has 3 heteroatoms. The Kier molecular flexibility index (Phi) is 9.96. The van der Waals surface area contributed by atoms with E-state index in [0.29, 0.717) is 0 Å². The summed E-state index contributed by atoms with van der Waals surface area (Å²) in [5.41, 5.74) is 0. The molecule has 0 fully saturated rings. The van der Waals surface area contributed by atoms with Gasteiger partial charge in [0.05, 0.1) is 6.61 Å². The molecule has 1 aromatic carbocycles. The first kappa shape index (κ1) is 17.3. The van der Waals surface area contributed by atoms with E-state index in [0.717, 1.165) is 16.8 Å². The maximum atomic E-state index is 5.76. The van der Waals surface area contributed by atoms with Crippen LogP contribution >= 0.6 is 38.5 Å². The van der Waals surface area contributed by atoms with Crippen molar-refractivity contribution < 1.29 is 4.74 Å². The molecule has 0 amide bonds. The largest absolute Gasteiger partial charge is 0.494 e. The van der Waals surface area contributed by atoms with Crippen LogP contribution in [0.2, 0.25) is 0 Å². The van der Waals surface area contributed by atoms with Gasteiger partial charge < -0.3 is 4.74 Å². The highest BCUT2D eigenvalue weighted by Crippen LogP contribution is 2.24. The Bertz CT molecular complexity index is 355. The number of unbranched alkanes of at least 4 members (excludes halogenated alkanes) is 7. The van der Waals surface area contributed by atoms with Crippen molar-refractivity contribution in [2.24, 2.45) is 0 Å². The van der Waals surface area contributed by atoms with Crippen molar-refractivity contribution in [2.75, 3.05) is 6.61 Å². The molecule has 1 aromatic rings. The van der Waals surface area contributed by atoms with Crippen LogP contribution in [0.15, 0.2) is 22.7 Å². The second kappa shape index (κ2) is 11.0. The predicted molar refractivity (Wildman–Crippen MR) is 95.0 cm³/mol. The van der Waals surface area contributed by atoms with E-state index in [4.69, 9.17) is 4.74 Å². The summed E-state index contributed by atoms with van der Waals surface area (Å²) in [6, 6.07) is 6.15. The average Bonchev–Trinajstić information content (AvgIpc) is 2.41. The molecule has 0 aromatic heterocycles. The highest BCUT2D eigenvalue weighted by molar-refractivity contribution is 14.1. The third kappa shape index (κ3) is 8.18. The normalized spacial score (nSPS) is 10.7. The lowest BCUT2D eigenvalue weighted by atomic mass is 10.1. The molecule has 0 spiro atoms. The van der Waals surface area contributed by atoms with Crippen LogP contribution in [-0.4, -0.2) is 6.61 Å². The summed E-state index contributed by atoms with van der Waals surface area (Å²) < 4.78 is 8.09. The molecule has 1 rings (SSSR count). The lowest BCUT2D eigenvalue weighted by Gasteiger charge is -2.07. The Morgan fingerprint density at radius 1 is 1.00 bits per heavy atom. The van der Waals surface area contributed by atoms with Crippen molar-refractivity contribution >= 4 is 38.5 Å². The first-order chi connectivity index (χ1) is 9.24. The van der Waals surface area contributed by atoms with Gasteiger partial charge in [-0.15, -0.1) is 0 Å². The number of rotatable bonds is 10. The fourth-order valence-corrected chi connectivity index (χ4v) is 2.73. The van der Waals surface area contributed by atoms with Crippen LogP contribution in [0.3, 0.4) is 0 Å². The van der Waals surface area contributed by atoms with Crippen molar-refractivity contribution in [1.29, 1.82) is 0 Å². The third-order valence-corrected chi connectivity index (χ3v) is 5.48. The maximum absolute atomic E-state index is 5.76. The zero-order valence-corrected chi connectivity index (χ0v) is 15.5. The Balaban J connectivity index is 2.00. The number of halogens is 2. The molecule has 0 atom stereocenters. The van der Waals surface area contributed by atoms with Gasteiger partial charge in [0.15, 0.2) is 0 Å². The smallest absolute Gasteiger partial charge is 0.120 e. The van der Waals surface area contributed by atoms with Crippen molar-refractivity contribution in [3.63, 3.8) is 0 Å². The number of ether oxygens (including phenoxy) is 1. The maximum Gasteiger partial charge on any atom is 0.120 e. The minimum absolute atomic E-state index is 0.840. The van der Waals surface area contributed by atoms with Gasteiger partial charge in [-0.3, -0.25) is 0 Å². The molecule has 0 aliphatic rings. The van der Waals surface area contributed by atoms with E-state index in [1.807, 2.05) is 12.1 Å². The van der Waals surface area contributed by atoms with Crippen molar-refractivity contribution in [3.8, 4) is 5.75 Å². The summed E-state index contributed by atoms with van der Waals surface area (Å²) in [5.74, 6) is 0.982. The van der Waals surface area contributed by atoms with E-state index in [9.17, 15) is 0 Å². The number of hydrogen-bond donors (Lipinski definition) is 0. The second-order valence-electron chi connectivity index (χ2n) is 4.90. The van der Waals surface area contributed by atoms with E-state index >= 15 is 0 Å². The third-order valence-electron chi connectivity index (χ3n) is 3.16. The molecular weight excluding hydrogens is 415 g/mol. The highest BCUT2D eigenvalue weighted by atomic mass is 127. The van der Waals surface area contributed by atoms with E-state index in [1.165, 1.54) is 54.9 Å². The van der Waals surface area contributed by atoms with E-state index in [-0.39, 0.29) is 0 Å². The zero-order chi connectivity index (χ0) is 13.9. The van der Waals surface area contributed by atoms with Crippen molar-refractivity contribution in [3.05, 3.63) is 26.2 Å². The molecule has 0 aliphatic carbocycles. The van der Waals surface area contributed by atoms with Crippen LogP contribution in [0.4, 0.5) is 0 Å². The lowest BCUT2D eigenvalue weighted by molar-refractivity contribution is 0.304. The Labute approximate surface area is 139 Å². The molecule has 0 unspecified atom stereocenters. The standard InChI is InChI=1S/C16H24BrIO/c1-2-3-4-5-6-7-8-9-12-19-14-10-11-15(17)16(18)13-14/h10-11,13H,2-9,12H2,1H3. The summed E-state index contributed by atoms with van der Waals surface area (Å²) in [4.78, 5) is 0. The van der Waals surface area contributed by atoms with Gasteiger partial charge in [0, 0.05) is 8.04 Å². The minimum Gasteiger partial charge on any atom is -0.494 e. The topological polar surface area (TPSA) is 9.23 Å². The fraction of sp³-hybridized carbons (Fsp3) is 0.625. The molecule has 0 bridgehead atoms. The van der Waals surface area contributed by atoms with Crippen molar-refractivity contribution in [2.45, 2.75) is 58.3 Å². The molecule has 0 N–H and O–H groups in total. The van der Waals surface area contributed by atoms with Crippen LogP contribution in [-0.2, 0) is 0 Å². The summed E-state index contributed by atoms with van der Waals surface area (Å²) >= 11 is 5.81. The van der Waals surface area contributed by atoms with Gasteiger partial charge in [0.1, 0.15) is 5.75 Å². The van der Waals surface area contributed by atoms with Gasteiger partial charge in [-0.25, -0.2) is 0 Å². The Morgan fingerprint density at radius 3 is 2.26 bits per heavy atom. The van der Waals surface area contributed by atoms with Crippen LogP contribution in [0.1, 0.15) is 58.3 Å². The number of hydrogen-bond acceptors (Lipinski definition) is 1. The first-order valence-electron chi connectivity index (χ1n) is 7.32. The molecule has 0 aliphatic heterocycles. The zero-order valence-electron chi connectivity index (χ0n) is 11.8. The fourth-order valence-electron chi connectivity index (χ4n) is 1.99. The second-order valence-corrected chi connectivity index (χ2v) is 6.92. The SMILES string of the molecule is CCCCCCCCCCOc1ccc(Br)c(I)c1. The molecule has 0 saturated heterocycles. The van der Waals surface area contributed by atoms with Gasteiger partial charge in [-0.1, -0.05) is 51.9 Å². The quantitative estimate of drug-likeness (QED) is 0.296. The Hall–Kier alpha value is 0.230. The van der Waals surface area contributed by atoms with Crippen LogP contribution in [0.25, 0.3) is 0 Å². The molecule has 0 radical (unpaired) electrons.